The molecule has 1 fully saturated rings. The van der Waals surface area contributed by atoms with Crippen molar-refractivity contribution in [1.82, 2.24) is 4.98 Å². The molecule has 33 heavy (non-hydrogen) atoms. The summed E-state index contributed by atoms with van der Waals surface area (Å²) < 4.78 is 20.2. The van der Waals surface area contributed by atoms with Crippen LogP contribution in [0.15, 0.2) is 0 Å². The number of cyclic esters (lactones) is 1. The summed E-state index contributed by atoms with van der Waals surface area (Å²) in [5, 5.41) is 11.0. The molecule has 0 bridgehead atoms. The fourth-order valence-electron chi connectivity index (χ4n) is 3.84. The SMILES string of the molecule is COC(=O)CCc1c(C(=O)OC(C)(C)C)[nH]c([C@H](O)[C@@H]2C[C@](C)(CC(=O)OC)C(=O)O2)c1C. The van der Waals surface area contributed by atoms with Crippen molar-refractivity contribution in [1.29, 1.82) is 0 Å². The van der Waals surface area contributed by atoms with E-state index in [1.165, 1.54) is 14.2 Å². The minimum Gasteiger partial charge on any atom is -0.469 e. The Bertz CT molecular complexity index is 927. The van der Waals surface area contributed by atoms with Crippen molar-refractivity contribution in [2.75, 3.05) is 14.2 Å². The molecule has 10 nitrogen and oxygen atoms in total. The Kier molecular flexibility index (Phi) is 7.95. The molecule has 1 aromatic heterocycles. The molecule has 10 heteroatoms. The molecule has 2 heterocycles. The number of carbonyl (C=O) groups is 4. The molecule has 0 spiro atoms. The van der Waals surface area contributed by atoms with Gasteiger partial charge in [0.15, 0.2) is 0 Å². The van der Waals surface area contributed by atoms with E-state index in [9.17, 15) is 24.3 Å². The summed E-state index contributed by atoms with van der Waals surface area (Å²) in [6.45, 7) is 8.45. The summed E-state index contributed by atoms with van der Waals surface area (Å²) >= 11 is 0. The minimum absolute atomic E-state index is 0.0239. The van der Waals surface area contributed by atoms with Crippen LogP contribution in [-0.2, 0) is 39.8 Å². The lowest BCUT2D eigenvalue weighted by Crippen LogP contribution is -2.26. The van der Waals surface area contributed by atoms with E-state index in [1.54, 1.807) is 34.6 Å². The monoisotopic (exact) mass is 467 g/mol. The number of esters is 4. The zero-order valence-electron chi connectivity index (χ0n) is 20.2. The fraction of sp³-hybridized carbons (Fsp3) is 0.652. The van der Waals surface area contributed by atoms with Crippen LogP contribution in [0.2, 0.25) is 0 Å². The zero-order chi connectivity index (χ0) is 25.1. The molecule has 1 aromatic rings. The van der Waals surface area contributed by atoms with E-state index < -0.39 is 47.1 Å². The number of hydrogen-bond donors (Lipinski definition) is 2. The Balaban J connectivity index is 2.37. The lowest BCUT2D eigenvalue weighted by molar-refractivity contribution is -0.156. The molecule has 2 N–H and O–H groups in total. The van der Waals surface area contributed by atoms with Gasteiger partial charge in [-0.05, 0) is 52.2 Å². The predicted molar refractivity (Wildman–Crippen MR) is 115 cm³/mol. The maximum absolute atomic E-state index is 12.8. The van der Waals surface area contributed by atoms with Crippen molar-refractivity contribution in [3.63, 3.8) is 0 Å². The topological polar surface area (TPSA) is 141 Å². The van der Waals surface area contributed by atoms with Crippen LogP contribution in [0.1, 0.15) is 80.4 Å². The van der Waals surface area contributed by atoms with E-state index in [4.69, 9.17) is 14.2 Å². The van der Waals surface area contributed by atoms with Gasteiger partial charge in [0.2, 0.25) is 0 Å². The van der Waals surface area contributed by atoms with E-state index in [0.29, 0.717) is 11.1 Å². The van der Waals surface area contributed by atoms with Gasteiger partial charge in [-0.1, -0.05) is 0 Å². The maximum atomic E-state index is 12.8. The molecule has 1 aliphatic rings. The van der Waals surface area contributed by atoms with Crippen molar-refractivity contribution in [2.24, 2.45) is 5.41 Å². The molecule has 0 radical (unpaired) electrons. The van der Waals surface area contributed by atoms with E-state index in [-0.39, 0.29) is 37.1 Å². The number of H-pyrrole nitrogens is 1. The number of nitrogens with one attached hydrogen (secondary N) is 1. The Morgan fingerprint density at radius 3 is 2.36 bits per heavy atom. The summed E-state index contributed by atoms with van der Waals surface area (Å²) in [7, 11) is 2.50. The van der Waals surface area contributed by atoms with E-state index in [1.807, 2.05) is 0 Å². The Morgan fingerprint density at radius 1 is 1.21 bits per heavy atom. The van der Waals surface area contributed by atoms with E-state index in [2.05, 4.69) is 9.72 Å². The minimum atomic E-state index is -1.29. The second-order valence-corrected chi connectivity index (χ2v) is 9.50. The molecule has 2 rings (SSSR count). The quantitative estimate of drug-likeness (QED) is 0.435. The van der Waals surface area contributed by atoms with Gasteiger partial charge in [-0.25, -0.2) is 4.79 Å². The van der Waals surface area contributed by atoms with Crippen LogP contribution in [0.5, 0.6) is 0 Å². The molecule has 0 unspecified atom stereocenters. The Morgan fingerprint density at radius 2 is 1.82 bits per heavy atom. The van der Waals surface area contributed by atoms with Gasteiger partial charge < -0.3 is 29.0 Å². The zero-order valence-corrected chi connectivity index (χ0v) is 20.2. The van der Waals surface area contributed by atoms with E-state index in [0.717, 1.165) is 0 Å². The highest BCUT2D eigenvalue weighted by atomic mass is 16.6. The molecule has 184 valence electrons. The van der Waals surface area contributed by atoms with Gasteiger partial charge in [0, 0.05) is 12.8 Å². The normalized spacial score (nSPS) is 21.3. The number of ether oxygens (including phenoxy) is 4. The number of aliphatic hydroxyl groups excluding tert-OH is 1. The van der Waals surface area contributed by atoms with Crippen LogP contribution in [-0.4, -0.2) is 59.9 Å². The van der Waals surface area contributed by atoms with Crippen LogP contribution in [0.25, 0.3) is 0 Å². The summed E-state index contributed by atoms with van der Waals surface area (Å²) in [5.74, 6) is -2.25. The van der Waals surface area contributed by atoms with Crippen LogP contribution in [0.3, 0.4) is 0 Å². The van der Waals surface area contributed by atoms with Gasteiger partial charge in [-0.2, -0.15) is 0 Å². The maximum Gasteiger partial charge on any atom is 0.355 e. The van der Waals surface area contributed by atoms with Crippen molar-refractivity contribution in [2.45, 2.75) is 78.1 Å². The number of aromatic amines is 1. The summed E-state index contributed by atoms with van der Waals surface area (Å²) in [5.41, 5.74) is -0.459. The largest absolute Gasteiger partial charge is 0.469 e. The van der Waals surface area contributed by atoms with E-state index >= 15 is 0 Å². The van der Waals surface area contributed by atoms with Crippen LogP contribution in [0, 0.1) is 12.3 Å². The average Bonchev–Trinajstić information content (AvgIpc) is 3.20. The number of carbonyl (C=O) groups excluding carboxylic acids is 4. The summed E-state index contributed by atoms with van der Waals surface area (Å²) in [6, 6.07) is 0. The Hall–Kier alpha value is -2.88. The van der Waals surface area contributed by atoms with Gasteiger partial charge in [0.05, 0.1) is 31.7 Å². The third kappa shape index (κ3) is 6.13. The third-order valence-electron chi connectivity index (χ3n) is 5.64. The van der Waals surface area contributed by atoms with Crippen LogP contribution < -0.4 is 0 Å². The summed E-state index contributed by atoms with van der Waals surface area (Å²) in [6.07, 6.45) is -2.12. The summed E-state index contributed by atoms with van der Waals surface area (Å²) in [4.78, 5) is 51.6. The van der Waals surface area contributed by atoms with Gasteiger partial charge in [-0.15, -0.1) is 0 Å². The number of hydrogen-bond acceptors (Lipinski definition) is 9. The molecule has 0 amide bonds. The third-order valence-corrected chi connectivity index (χ3v) is 5.64. The molecular formula is C23H33NO9. The number of methoxy groups -OCH3 is 2. The number of aliphatic hydroxyl groups is 1. The first-order chi connectivity index (χ1) is 15.2. The predicted octanol–water partition coefficient (Wildman–Crippen LogP) is 2.30. The second-order valence-electron chi connectivity index (χ2n) is 9.50. The average molecular weight is 468 g/mol. The fourth-order valence-corrected chi connectivity index (χ4v) is 3.84. The molecule has 0 saturated carbocycles. The second kappa shape index (κ2) is 9.94. The standard InChI is InChI=1S/C23H33NO9/c1-12-13(8-9-15(25)30-6)18(20(28)33-22(2,3)4)24-17(12)19(27)14-10-23(5,21(29)32-14)11-16(26)31-7/h14,19,24,27H,8-11H2,1-7H3/t14-,19+,23+/m0/s1. The highest BCUT2D eigenvalue weighted by Gasteiger charge is 2.50. The molecule has 1 saturated heterocycles. The highest BCUT2D eigenvalue weighted by molar-refractivity contribution is 5.90. The van der Waals surface area contributed by atoms with Crippen LogP contribution in [0.4, 0.5) is 0 Å². The van der Waals surface area contributed by atoms with Crippen molar-refractivity contribution < 1.29 is 43.2 Å². The smallest absolute Gasteiger partial charge is 0.355 e. The molecule has 3 atom stereocenters. The lowest BCUT2D eigenvalue weighted by atomic mass is 9.82. The first-order valence-electron chi connectivity index (χ1n) is 10.7. The van der Waals surface area contributed by atoms with Gasteiger partial charge in [0.1, 0.15) is 23.5 Å². The first kappa shape index (κ1) is 26.4. The molecule has 0 aliphatic carbocycles. The number of rotatable bonds is 8. The highest BCUT2D eigenvalue weighted by Crippen LogP contribution is 2.42. The van der Waals surface area contributed by atoms with Crippen molar-refractivity contribution in [3.05, 3.63) is 22.5 Å². The molecule has 0 aromatic carbocycles. The van der Waals surface area contributed by atoms with Gasteiger partial charge >= 0.3 is 23.9 Å². The first-order valence-corrected chi connectivity index (χ1v) is 10.7. The molecule has 1 aliphatic heterocycles. The molecular weight excluding hydrogens is 434 g/mol. The lowest BCUT2D eigenvalue weighted by Gasteiger charge is -2.20. The number of aromatic nitrogens is 1. The van der Waals surface area contributed by atoms with Crippen LogP contribution >= 0.6 is 0 Å². The Labute approximate surface area is 192 Å². The van der Waals surface area contributed by atoms with Crippen molar-refractivity contribution in [3.8, 4) is 0 Å². The van der Waals surface area contributed by atoms with Gasteiger partial charge in [-0.3, -0.25) is 14.4 Å². The van der Waals surface area contributed by atoms with Crippen molar-refractivity contribution >= 4 is 23.9 Å². The van der Waals surface area contributed by atoms with Gasteiger partial charge in [0.25, 0.3) is 0 Å².